The zero-order valence-corrected chi connectivity index (χ0v) is 11.7. The van der Waals surface area contributed by atoms with E-state index in [1.165, 1.54) is 18.2 Å². The van der Waals surface area contributed by atoms with Crippen molar-refractivity contribution in [3.8, 4) is 16.9 Å². The van der Waals surface area contributed by atoms with Gasteiger partial charge in [0, 0.05) is 20.6 Å². The maximum Gasteiger partial charge on any atom is 0.573 e. The van der Waals surface area contributed by atoms with E-state index in [-0.39, 0.29) is 11.3 Å². The summed E-state index contributed by atoms with van der Waals surface area (Å²) in [7, 11) is 0. The molecule has 2 aromatic carbocycles. The van der Waals surface area contributed by atoms with Crippen LogP contribution in [0.2, 0.25) is 5.02 Å². The summed E-state index contributed by atoms with van der Waals surface area (Å²) in [5.74, 6) is -0.278. The highest BCUT2D eigenvalue weighted by atomic mass is 79.9. The molecule has 19 heavy (non-hydrogen) atoms. The van der Waals surface area contributed by atoms with Gasteiger partial charge in [-0.3, -0.25) is 0 Å². The average molecular weight is 352 g/mol. The number of ether oxygens (including phenoxy) is 1. The predicted octanol–water partition coefficient (Wildman–Crippen LogP) is 5.67. The van der Waals surface area contributed by atoms with E-state index in [9.17, 15) is 13.2 Å². The quantitative estimate of drug-likeness (QED) is 0.677. The third-order valence-electron chi connectivity index (χ3n) is 2.33. The Kier molecular flexibility index (Phi) is 4.06. The molecule has 6 heteroatoms. The molecule has 0 heterocycles. The molecule has 1 nitrogen and oxygen atoms in total. The second-order valence-electron chi connectivity index (χ2n) is 3.67. The van der Waals surface area contributed by atoms with Crippen LogP contribution in [0.5, 0.6) is 5.75 Å². The Balaban J connectivity index is 2.50. The van der Waals surface area contributed by atoms with Crippen LogP contribution in [-0.4, -0.2) is 6.36 Å². The summed E-state index contributed by atoms with van der Waals surface area (Å²) in [6, 6.07) is 10.8. The standard InChI is InChI=1S/C13H7BrClF3O/c14-8-5-6-9(11(15)7-8)10-3-1-2-4-12(10)19-13(16,17)18/h1-7H. The highest BCUT2D eigenvalue weighted by Gasteiger charge is 2.32. The number of halogens is 5. The molecule has 0 atom stereocenters. The van der Waals surface area contributed by atoms with Gasteiger partial charge in [-0.2, -0.15) is 0 Å². The van der Waals surface area contributed by atoms with Crippen molar-refractivity contribution in [3.05, 3.63) is 52.0 Å². The first-order valence-electron chi connectivity index (χ1n) is 5.17. The van der Waals surface area contributed by atoms with Crippen molar-refractivity contribution in [2.45, 2.75) is 6.36 Å². The molecule has 0 aliphatic heterocycles. The van der Waals surface area contributed by atoms with E-state index in [2.05, 4.69) is 20.7 Å². The lowest BCUT2D eigenvalue weighted by Crippen LogP contribution is -2.17. The van der Waals surface area contributed by atoms with E-state index < -0.39 is 6.36 Å². The fourth-order valence-electron chi connectivity index (χ4n) is 1.61. The molecule has 0 aromatic heterocycles. The molecular weight excluding hydrogens is 344 g/mol. The highest BCUT2D eigenvalue weighted by molar-refractivity contribution is 9.10. The van der Waals surface area contributed by atoms with Gasteiger partial charge < -0.3 is 4.74 Å². The molecule has 0 saturated carbocycles. The first-order valence-corrected chi connectivity index (χ1v) is 6.34. The van der Waals surface area contributed by atoms with Crippen molar-refractivity contribution < 1.29 is 17.9 Å². The van der Waals surface area contributed by atoms with Gasteiger partial charge in [-0.25, -0.2) is 0 Å². The molecule has 100 valence electrons. The smallest absolute Gasteiger partial charge is 0.405 e. The zero-order valence-electron chi connectivity index (χ0n) is 9.34. The number of para-hydroxylation sites is 1. The molecule has 0 amide bonds. The summed E-state index contributed by atoms with van der Waals surface area (Å²) >= 11 is 9.28. The van der Waals surface area contributed by atoms with E-state index in [1.54, 1.807) is 24.3 Å². The monoisotopic (exact) mass is 350 g/mol. The van der Waals surface area contributed by atoms with Gasteiger partial charge in [-0.1, -0.05) is 51.8 Å². The summed E-state index contributed by atoms with van der Waals surface area (Å²) in [6.07, 6.45) is -4.74. The van der Waals surface area contributed by atoms with Crippen LogP contribution < -0.4 is 4.74 Å². The molecule has 0 fully saturated rings. The van der Waals surface area contributed by atoms with Gasteiger partial charge >= 0.3 is 6.36 Å². The summed E-state index contributed by atoms with van der Waals surface area (Å²) < 4.78 is 41.8. The maximum atomic E-state index is 12.3. The Morgan fingerprint density at radius 2 is 1.68 bits per heavy atom. The van der Waals surface area contributed by atoms with Gasteiger partial charge in [0.15, 0.2) is 0 Å². The second-order valence-corrected chi connectivity index (χ2v) is 4.99. The third-order valence-corrected chi connectivity index (χ3v) is 3.14. The predicted molar refractivity (Wildman–Crippen MR) is 71.3 cm³/mol. The Bertz CT molecular complexity index is 599. The molecule has 2 aromatic rings. The molecule has 0 bridgehead atoms. The van der Waals surface area contributed by atoms with Gasteiger partial charge in [0.25, 0.3) is 0 Å². The van der Waals surface area contributed by atoms with Gasteiger partial charge in [0.1, 0.15) is 5.75 Å². The van der Waals surface area contributed by atoms with E-state index in [4.69, 9.17) is 11.6 Å². The largest absolute Gasteiger partial charge is 0.573 e. The lowest BCUT2D eigenvalue weighted by Gasteiger charge is -2.14. The van der Waals surface area contributed by atoms with Crippen molar-refractivity contribution in [1.29, 1.82) is 0 Å². The molecule has 2 rings (SSSR count). The van der Waals surface area contributed by atoms with Crippen LogP contribution in [0, 0.1) is 0 Å². The van der Waals surface area contributed by atoms with Gasteiger partial charge in [0.05, 0.1) is 0 Å². The van der Waals surface area contributed by atoms with Gasteiger partial charge in [-0.15, -0.1) is 13.2 Å². The second kappa shape index (κ2) is 5.43. The van der Waals surface area contributed by atoms with E-state index >= 15 is 0 Å². The van der Waals surface area contributed by atoms with Crippen molar-refractivity contribution in [2.75, 3.05) is 0 Å². The number of rotatable bonds is 2. The van der Waals surface area contributed by atoms with E-state index in [0.717, 1.165) is 4.47 Å². The minimum absolute atomic E-state index is 0.278. The average Bonchev–Trinajstić information content (AvgIpc) is 2.28. The first-order chi connectivity index (χ1) is 8.87. The maximum absolute atomic E-state index is 12.3. The molecule has 0 aliphatic rings. The third kappa shape index (κ3) is 3.64. The lowest BCUT2D eigenvalue weighted by atomic mass is 10.0. The fraction of sp³-hybridized carbons (Fsp3) is 0.0769. The lowest BCUT2D eigenvalue weighted by molar-refractivity contribution is -0.274. The van der Waals surface area contributed by atoms with E-state index in [1.807, 2.05) is 0 Å². The summed E-state index contributed by atoms with van der Waals surface area (Å²) in [5, 5.41) is 0.340. The van der Waals surface area contributed by atoms with Crippen LogP contribution in [0.3, 0.4) is 0 Å². The topological polar surface area (TPSA) is 9.23 Å². The molecule has 0 aliphatic carbocycles. The Morgan fingerprint density at radius 3 is 2.32 bits per heavy atom. The van der Waals surface area contributed by atoms with Crippen molar-refractivity contribution >= 4 is 27.5 Å². The van der Waals surface area contributed by atoms with Crippen LogP contribution in [0.15, 0.2) is 46.9 Å². The van der Waals surface area contributed by atoms with Crippen LogP contribution in [0.1, 0.15) is 0 Å². The van der Waals surface area contributed by atoms with Gasteiger partial charge in [0.2, 0.25) is 0 Å². The molecule has 0 spiro atoms. The molecule has 0 unspecified atom stereocenters. The summed E-state index contributed by atoms with van der Waals surface area (Å²) in [4.78, 5) is 0. The van der Waals surface area contributed by atoms with Crippen LogP contribution in [-0.2, 0) is 0 Å². The SMILES string of the molecule is FC(F)(F)Oc1ccccc1-c1ccc(Br)cc1Cl. The Morgan fingerprint density at radius 1 is 1.00 bits per heavy atom. The Labute approximate surface area is 121 Å². The normalized spacial score (nSPS) is 11.4. The number of benzene rings is 2. The minimum atomic E-state index is -4.74. The molecule has 0 N–H and O–H groups in total. The highest BCUT2D eigenvalue weighted by Crippen LogP contribution is 2.38. The summed E-state index contributed by atoms with van der Waals surface area (Å²) in [6.45, 7) is 0. The number of alkyl halides is 3. The first kappa shape index (κ1) is 14.2. The van der Waals surface area contributed by atoms with Crippen molar-refractivity contribution in [3.63, 3.8) is 0 Å². The minimum Gasteiger partial charge on any atom is -0.405 e. The Hall–Kier alpha value is -1.20. The van der Waals surface area contributed by atoms with E-state index in [0.29, 0.717) is 10.6 Å². The molecular formula is C13H7BrClF3O. The van der Waals surface area contributed by atoms with Crippen LogP contribution in [0.25, 0.3) is 11.1 Å². The summed E-state index contributed by atoms with van der Waals surface area (Å²) in [5.41, 5.74) is 0.766. The van der Waals surface area contributed by atoms with Crippen molar-refractivity contribution in [1.82, 2.24) is 0 Å². The van der Waals surface area contributed by atoms with Gasteiger partial charge in [-0.05, 0) is 18.2 Å². The van der Waals surface area contributed by atoms with Crippen LogP contribution >= 0.6 is 27.5 Å². The zero-order chi connectivity index (χ0) is 14.0. The molecule has 0 radical (unpaired) electrons. The number of hydrogen-bond donors (Lipinski definition) is 0. The van der Waals surface area contributed by atoms with Crippen molar-refractivity contribution in [2.24, 2.45) is 0 Å². The molecule has 0 saturated heterocycles. The van der Waals surface area contributed by atoms with Crippen LogP contribution in [0.4, 0.5) is 13.2 Å². The fourth-order valence-corrected chi connectivity index (χ4v) is 2.39. The number of hydrogen-bond acceptors (Lipinski definition) is 1.